The Labute approximate surface area is 108 Å². The third kappa shape index (κ3) is 4.73. The summed E-state index contributed by atoms with van der Waals surface area (Å²) < 4.78 is 5.52. The van der Waals surface area contributed by atoms with Gasteiger partial charge in [-0.05, 0) is 24.8 Å². The molecule has 0 radical (unpaired) electrons. The Morgan fingerprint density at radius 3 is 2.72 bits per heavy atom. The number of nitrogens with zero attached hydrogens (tertiary/aromatic N) is 1. The number of aromatic carboxylic acids is 1. The van der Waals surface area contributed by atoms with Crippen molar-refractivity contribution in [1.82, 2.24) is 4.98 Å². The van der Waals surface area contributed by atoms with Crippen molar-refractivity contribution in [2.75, 3.05) is 6.61 Å². The van der Waals surface area contributed by atoms with Crippen molar-refractivity contribution in [3.8, 4) is 5.88 Å². The first-order chi connectivity index (χ1) is 8.52. The number of aryl methyl sites for hydroxylation is 1. The molecule has 4 heteroatoms. The van der Waals surface area contributed by atoms with Gasteiger partial charge < -0.3 is 9.84 Å². The van der Waals surface area contributed by atoms with Gasteiger partial charge in [0.15, 0.2) is 0 Å². The number of carboxylic acids is 1. The molecule has 0 spiro atoms. The third-order valence-corrected chi connectivity index (χ3v) is 2.55. The largest absolute Gasteiger partial charge is 0.478 e. The molecule has 0 unspecified atom stereocenters. The van der Waals surface area contributed by atoms with Crippen LogP contribution >= 0.6 is 0 Å². The molecular weight excluding hydrogens is 230 g/mol. The second-order valence-corrected chi connectivity index (χ2v) is 4.77. The Morgan fingerprint density at radius 2 is 2.17 bits per heavy atom. The van der Waals surface area contributed by atoms with Gasteiger partial charge in [0, 0.05) is 11.8 Å². The van der Waals surface area contributed by atoms with Gasteiger partial charge in [0.05, 0.1) is 12.2 Å². The fraction of sp³-hybridized carbons (Fsp3) is 0.571. The number of carbonyl (C=O) groups is 1. The summed E-state index contributed by atoms with van der Waals surface area (Å²) in [5, 5.41) is 9.03. The molecule has 0 bridgehead atoms. The molecule has 100 valence electrons. The summed E-state index contributed by atoms with van der Waals surface area (Å²) >= 11 is 0. The van der Waals surface area contributed by atoms with Gasteiger partial charge in [-0.2, -0.15) is 0 Å². The third-order valence-electron chi connectivity index (χ3n) is 2.55. The molecule has 0 aliphatic heterocycles. The van der Waals surface area contributed by atoms with Crippen LogP contribution < -0.4 is 4.74 Å². The lowest BCUT2D eigenvalue weighted by Crippen LogP contribution is -2.06. The molecule has 0 fully saturated rings. The maximum absolute atomic E-state index is 11.0. The smallest absolute Gasteiger partial charge is 0.335 e. The van der Waals surface area contributed by atoms with E-state index in [9.17, 15) is 4.79 Å². The summed E-state index contributed by atoms with van der Waals surface area (Å²) in [6, 6.07) is 3.10. The topological polar surface area (TPSA) is 59.4 Å². The molecule has 1 N–H and O–H groups in total. The molecule has 1 heterocycles. The van der Waals surface area contributed by atoms with Gasteiger partial charge in [-0.1, -0.05) is 27.2 Å². The Kier molecular flexibility index (Phi) is 5.62. The monoisotopic (exact) mass is 251 g/mol. The number of hydrogen-bond donors (Lipinski definition) is 1. The highest BCUT2D eigenvalue weighted by Crippen LogP contribution is 2.15. The molecule has 0 amide bonds. The van der Waals surface area contributed by atoms with Crippen LogP contribution in [0.25, 0.3) is 0 Å². The predicted octanol–water partition coefficient (Wildman–Crippen LogP) is 3.16. The lowest BCUT2D eigenvalue weighted by molar-refractivity contribution is 0.0696. The molecule has 0 saturated carbocycles. The SMILES string of the molecule is CCCc1cc(C(=O)O)cc(OCCC(C)C)n1. The zero-order valence-corrected chi connectivity index (χ0v) is 11.3. The zero-order valence-electron chi connectivity index (χ0n) is 11.3. The van der Waals surface area contributed by atoms with Crippen molar-refractivity contribution in [2.24, 2.45) is 5.92 Å². The zero-order chi connectivity index (χ0) is 13.5. The number of aromatic nitrogens is 1. The first kappa shape index (κ1) is 14.5. The van der Waals surface area contributed by atoms with E-state index in [-0.39, 0.29) is 5.56 Å². The van der Waals surface area contributed by atoms with Gasteiger partial charge in [0.2, 0.25) is 5.88 Å². The van der Waals surface area contributed by atoms with Gasteiger partial charge in [0.1, 0.15) is 0 Å². The van der Waals surface area contributed by atoms with E-state index in [1.54, 1.807) is 6.07 Å². The fourth-order valence-corrected chi connectivity index (χ4v) is 1.54. The van der Waals surface area contributed by atoms with E-state index in [1.165, 1.54) is 6.07 Å². The normalized spacial score (nSPS) is 10.7. The van der Waals surface area contributed by atoms with Crippen molar-refractivity contribution in [2.45, 2.75) is 40.0 Å². The van der Waals surface area contributed by atoms with Gasteiger partial charge in [0.25, 0.3) is 0 Å². The number of ether oxygens (including phenoxy) is 1. The Balaban J connectivity index is 2.79. The van der Waals surface area contributed by atoms with Crippen LogP contribution in [0.5, 0.6) is 5.88 Å². The van der Waals surface area contributed by atoms with Crippen LogP contribution in [0, 0.1) is 5.92 Å². The fourth-order valence-electron chi connectivity index (χ4n) is 1.54. The number of hydrogen-bond acceptors (Lipinski definition) is 3. The van der Waals surface area contributed by atoms with Crippen LogP contribution in [-0.2, 0) is 6.42 Å². The van der Waals surface area contributed by atoms with Gasteiger partial charge >= 0.3 is 5.97 Å². The average Bonchev–Trinajstić information content (AvgIpc) is 2.28. The first-order valence-electron chi connectivity index (χ1n) is 6.40. The molecule has 0 atom stereocenters. The van der Waals surface area contributed by atoms with Crippen LogP contribution in [0.2, 0.25) is 0 Å². The number of pyridine rings is 1. The van der Waals surface area contributed by atoms with Crippen molar-refractivity contribution >= 4 is 5.97 Å². The molecule has 0 aliphatic rings. The summed E-state index contributed by atoms with van der Waals surface area (Å²) in [6.07, 6.45) is 2.63. The highest BCUT2D eigenvalue weighted by atomic mass is 16.5. The second-order valence-electron chi connectivity index (χ2n) is 4.77. The van der Waals surface area contributed by atoms with E-state index in [0.29, 0.717) is 18.4 Å². The lowest BCUT2D eigenvalue weighted by atomic mass is 10.1. The van der Waals surface area contributed by atoms with E-state index in [0.717, 1.165) is 25.0 Å². The minimum absolute atomic E-state index is 0.244. The Hall–Kier alpha value is -1.58. The van der Waals surface area contributed by atoms with E-state index >= 15 is 0 Å². The van der Waals surface area contributed by atoms with Crippen LogP contribution in [-0.4, -0.2) is 22.7 Å². The van der Waals surface area contributed by atoms with Crippen LogP contribution in [0.4, 0.5) is 0 Å². The minimum atomic E-state index is -0.941. The standard InChI is InChI=1S/C14H21NO3/c1-4-5-12-8-11(14(16)17)9-13(15-12)18-7-6-10(2)3/h8-10H,4-7H2,1-3H3,(H,16,17). The summed E-state index contributed by atoms with van der Waals surface area (Å²) in [6.45, 7) is 6.84. The van der Waals surface area contributed by atoms with Crippen molar-refractivity contribution in [3.63, 3.8) is 0 Å². The molecule has 0 aromatic carbocycles. The molecule has 1 rings (SSSR count). The summed E-state index contributed by atoms with van der Waals surface area (Å²) in [5.74, 6) is 0.0326. The van der Waals surface area contributed by atoms with Crippen molar-refractivity contribution in [1.29, 1.82) is 0 Å². The minimum Gasteiger partial charge on any atom is -0.478 e. The molecule has 0 aliphatic carbocycles. The van der Waals surface area contributed by atoms with E-state index in [2.05, 4.69) is 18.8 Å². The maximum atomic E-state index is 11.0. The Bertz CT molecular complexity index is 402. The molecule has 1 aromatic heterocycles. The lowest BCUT2D eigenvalue weighted by Gasteiger charge is -2.09. The summed E-state index contributed by atoms with van der Waals surface area (Å²) in [4.78, 5) is 15.3. The molecular formula is C14H21NO3. The second kappa shape index (κ2) is 6.99. The molecule has 1 aromatic rings. The Morgan fingerprint density at radius 1 is 1.44 bits per heavy atom. The molecule has 18 heavy (non-hydrogen) atoms. The summed E-state index contributed by atoms with van der Waals surface area (Å²) in [5.41, 5.74) is 1.02. The quantitative estimate of drug-likeness (QED) is 0.808. The average molecular weight is 251 g/mol. The summed E-state index contributed by atoms with van der Waals surface area (Å²) in [7, 11) is 0. The maximum Gasteiger partial charge on any atom is 0.335 e. The van der Waals surface area contributed by atoms with E-state index in [4.69, 9.17) is 9.84 Å². The van der Waals surface area contributed by atoms with Crippen LogP contribution in [0.1, 0.15) is 49.7 Å². The highest BCUT2D eigenvalue weighted by Gasteiger charge is 2.09. The van der Waals surface area contributed by atoms with Crippen molar-refractivity contribution in [3.05, 3.63) is 23.4 Å². The highest BCUT2D eigenvalue weighted by molar-refractivity contribution is 5.88. The molecule has 4 nitrogen and oxygen atoms in total. The van der Waals surface area contributed by atoms with Gasteiger partial charge in [-0.25, -0.2) is 9.78 Å². The van der Waals surface area contributed by atoms with Crippen molar-refractivity contribution < 1.29 is 14.6 Å². The van der Waals surface area contributed by atoms with E-state index < -0.39 is 5.97 Å². The van der Waals surface area contributed by atoms with Crippen LogP contribution in [0.3, 0.4) is 0 Å². The van der Waals surface area contributed by atoms with E-state index in [1.807, 2.05) is 6.92 Å². The number of rotatable bonds is 7. The van der Waals surface area contributed by atoms with Gasteiger partial charge in [-0.15, -0.1) is 0 Å². The van der Waals surface area contributed by atoms with Gasteiger partial charge in [-0.3, -0.25) is 0 Å². The number of carboxylic acid groups (broad SMARTS) is 1. The first-order valence-corrected chi connectivity index (χ1v) is 6.40. The molecule has 0 saturated heterocycles. The predicted molar refractivity (Wildman–Crippen MR) is 70.1 cm³/mol. The van der Waals surface area contributed by atoms with Crippen LogP contribution in [0.15, 0.2) is 12.1 Å².